The lowest BCUT2D eigenvalue weighted by molar-refractivity contribution is -0.120. The largest absolute Gasteiger partial charge is 0.493 e. The minimum Gasteiger partial charge on any atom is -0.493 e. The van der Waals surface area contributed by atoms with E-state index in [-0.39, 0.29) is 18.2 Å². The molecule has 0 bridgehead atoms. The monoisotopic (exact) mass is 294 g/mol. The topological polar surface area (TPSA) is 76.7 Å². The number of amides is 2. The molecule has 6 nitrogen and oxygen atoms in total. The zero-order valence-corrected chi connectivity index (χ0v) is 12.7. The van der Waals surface area contributed by atoms with Gasteiger partial charge in [-0.3, -0.25) is 9.59 Å². The summed E-state index contributed by atoms with van der Waals surface area (Å²) < 4.78 is 10.3. The van der Waals surface area contributed by atoms with Crippen LogP contribution in [0.2, 0.25) is 0 Å². The fourth-order valence-corrected chi connectivity index (χ4v) is 1.72. The van der Waals surface area contributed by atoms with Gasteiger partial charge in [0, 0.05) is 25.1 Å². The summed E-state index contributed by atoms with van der Waals surface area (Å²) >= 11 is 0. The highest BCUT2D eigenvalue weighted by molar-refractivity contribution is 5.95. The molecule has 0 fully saturated rings. The molecule has 2 N–H and O–H groups in total. The van der Waals surface area contributed by atoms with Crippen molar-refractivity contribution in [3.63, 3.8) is 0 Å². The summed E-state index contributed by atoms with van der Waals surface area (Å²) in [6.45, 7) is 2.93. The number of methoxy groups -OCH3 is 2. The van der Waals surface area contributed by atoms with E-state index in [1.165, 1.54) is 14.2 Å². The zero-order chi connectivity index (χ0) is 15.7. The summed E-state index contributed by atoms with van der Waals surface area (Å²) in [4.78, 5) is 23.4. The van der Waals surface area contributed by atoms with Crippen LogP contribution in [-0.2, 0) is 4.79 Å². The maximum absolute atomic E-state index is 12.0. The minimum atomic E-state index is -0.251. The van der Waals surface area contributed by atoms with Gasteiger partial charge in [0.2, 0.25) is 5.91 Å². The van der Waals surface area contributed by atoms with Crippen LogP contribution in [0.4, 0.5) is 0 Å². The lowest BCUT2D eigenvalue weighted by atomic mass is 10.2. The summed E-state index contributed by atoms with van der Waals surface area (Å²) in [5.41, 5.74) is 0.460. The number of carbonyl (C=O) groups excluding carboxylic acids is 2. The van der Waals surface area contributed by atoms with Crippen molar-refractivity contribution in [2.45, 2.75) is 19.8 Å². The lowest BCUT2D eigenvalue weighted by Gasteiger charge is -2.10. The number of benzene rings is 1. The summed E-state index contributed by atoms with van der Waals surface area (Å²) in [7, 11) is 3.05. The molecule has 21 heavy (non-hydrogen) atoms. The average Bonchev–Trinajstić information content (AvgIpc) is 2.51. The van der Waals surface area contributed by atoms with Gasteiger partial charge in [-0.05, 0) is 24.6 Å². The first-order valence-electron chi connectivity index (χ1n) is 6.89. The number of hydrogen-bond donors (Lipinski definition) is 2. The quantitative estimate of drug-likeness (QED) is 0.759. The maximum Gasteiger partial charge on any atom is 0.251 e. The second kappa shape index (κ2) is 8.84. The molecule has 6 heteroatoms. The molecule has 0 aliphatic carbocycles. The van der Waals surface area contributed by atoms with E-state index >= 15 is 0 Å². The molecule has 1 aromatic carbocycles. The fraction of sp³-hybridized carbons (Fsp3) is 0.467. The Balaban J connectivity index is 2.50. The Hall–Kier alpha value is -2.24. The van der Waals surface area contributed by atoms with Crippen LogP contribution in [0, 0.1) is 0 Å². The third kappa shape index (κ3) is 5.33. The number of nitrogens with one attached hydrogen (secondary N) is 2. The first-order chi connectivity index (χ1) is 10.1. The van der Waals surface area contributed by atoms with Gasteiger partial charge in [-0.15, -0.1) is 0 Å². The predicted molar refractivity (Wildman–Crippen MR) is 79.8 cm³/mol. The van der Waals surface area contributed by atoms with E-state index in [1.54, 1.807) is 18.2 Å². The van der Waals surface area contributed by atoms with E-state index in [2.05, 4.69) is 10.6 Å². The van der Waals surface area contributed by atoms with Crippen LogP contribution in [0.5, 0.6) is 11.5 Å². The molecule has 0 saturated carbocycles. The molecule has 0 atom stereocenters. The van der Waals surface area contributed by atoms with E-state index in [0.29, 0.717) is 30.2 Å². The summed E-state index contributed by atoms with van der Waals surface area (Å²) in [5.74, 6) is 0.738. The molecule has 0 saturated heterocycles. The van der Waals surface area contributed by atoms with Crippen LogP contribution in [0.15, 0.2) is 18.2 Å². The normalized spacial score (nSPS) is 9.86. The third-order valence-corrected chi connectivity index (χ3v) is 2.86. The SMILES string of the molecule is CCCNC(=O)CCNC(=O)c1ccc(OC)c(OC)c1. The van der Waals surface area contributed by atoms with Crippen LogP contribution < -0.4 is 20.1 Å². The van der Waals surface area contributed by atoms with Crippen LogP contribution in [0.3, 0.4) is 0 Å². The highest BCUT2D eigenvalue weighted by Crippen LogP contribution is 2.27. The van der Waals surface area contributed by atoms with Gasteiger partial charge in [-0.1, -0.05) is 6.92 Å². The first kappa shape index (κ1) is 16.8. The Morgan fingerprint density at radius 2 is 1.76 bits per heavy atom. The van der Waals surface area contributed by atoms with E-state index in [1.807, 2.05) is 6.92 Å². The van der Waals surface area contributed by atoms with Gasteiger partial charge in [0.05, 0.1) is 14.2 Å². The second-order valence-electron chi connectivity index (χ2n) is 4.43. The molecule has 0 spiro atoms. The average molecular weight is 294 g/mol. The van der Waals surface area contributed by atoms with E-state index < -0.39 is 0 Å². The summed E-state index contributed by atoms with van der Waals surface area (Å²) in [6, 6.07) is 4.92. The van der Waals surface area contributed by atoms with Crippen molar-refractivity contribution in [2.24, 2.45) is 0 Å². The van der Waals surface area contributed by atoms with Crippen molar-refractivity contribution in [2.75, 3.05) is 27.3 Å². The van der Waals surface area contributed by atoms with E-state index in [9.17, 15) is 9.59 Å². The van der Waals surface area contributed by atoms with Crippen molar-refractivity contribution >= 4 is 11.8 Å². The van der Waals surface area contributed by atoms with Crippen molar-refractivity contribution in [3.05, 3.63) is 23.8 Å². The number of rotatable bonds is 8. The molecule has 1 rings (SSSR count). The Labute approximate surface area is 124 Å². The number of hydrogen-bond acceptors (Lipinski definition) is 4. The van der Waals surface area contributed by atoms with Gasteiger partial charge in [0.1, 0.15) is 0 Å². The van der Waals surface area contributed by atoms with Crippen LogP contribution >= 0.6 is 0 Å². The molecular weight excluding hydrogens is 272 g/mol. The maximum atomic E-state index is 12.0. The third-order valence-electron chi connectivity index (χ3n) is 2.86. The van der Waals surface area contributed by atoms with Gasteiger partial charge in [0.15, 0.2) is 11.5 Å². The van der Waals surface area contributed by atoms with Gasteiger partial charge < -0.3 is 20.1 Å². The first-order valence-corrected chi connectivity index (χ1v) is 6.89. The number of ether oxygens (including phenoxy) is 2. The predicted octanol–water partition coefficient (Wildman–Crippen LogP) is 1.35. The molecule has 0 heterocycles. The molecule has 116 valence electrons. The molecule has 0 radical (unpaired) electrons. The Kier molecular flexibility index (Phi) is 7.08. The molecular formula is C15H22N2O4. The Bertz CT molecular complexity index is 489. The van der Waals surface area contributed by atoms with Gasteiger partial charge in [-0.2, -0.15) is 0 Å². The van der Waals surface area contributed by atoms with E-state index in [0.717, 1.165) is 6.42 Å². The molecule has 0 aliphatic heterocycles. The standard InChI is InChI=1S/C15H22N2O4/c1-4-8-16-14(18)7-9-17-15(19)11-5-6-12(20-2)13(10-11)21-3/h5-6,10H,4,7-9H2,1-3H3,(H,16,18)(H,17,19). The highest BCUT2D eigenvalue weighted by atomic mass is 16.5. The molecule has 1 aromatic rings. The Morgan fingerprint density at radius 3 is 2.38 bits per heavy atom. The van der Waals surface area contributed by atoms with E-state index in [4.69, 9.17) is 9.47 Å². The van der Waals surface area contributed by atoms with Gasteiger partial charge in [0.25, 0.3) is 5.91 Å². The van der Waals surface area contributed by atoms with Crippen molar-refractivity contribution in [1.82, 2.24) is 10.6 Å². The van der Waals surface area contributed by atoms with Crippen LogP contribution in [0.1, 0.15) is 30.1 Å². The molecule has 0 aromatic heterocycles. The Morgan fingerprint density at radius 1 is 1.05 bits per heavy atom. The van der Waals surface area contributed by atoms with Crippen LogP contribution in [0.25, 0.3) is 0 Å². The van der Waals surface area contributed by atoms with Crippen molar-refractivity contribution in [1.29, 1.82) is 0 Å². The summed E-state index contributed by atoms with van der Waals surface area (Å²) in [5, 5.41) is 5.45. The highest BCUT2D eigenvalue weighted by Gasteiger charge is 2.10. The zero-order valence-electron chi connectivity index (χ0n) is 12.7. The summed E-state index contributed by atoms with van der Waals surface area (Å²) in [6.07, 6.45) is 1.16. The van der Waals surface area contributed by atoms with Crippen LogP contribution in [-0.4, -0.2) is 39.1 Å². The number of carbonyl (C=O) groups is 2. The second-order valence-corrected chi connectivity index (χ2v) is 4.43. The lowest BCUT2D eigenvalue weighted by Crippen LogP contribution is -2.31. The van der Waals surface area contributed by atoms with Gasteiger partial charge in [-0.25, -0.2) is 0 Å². The molecule has 0 unspecified atom stereocenters. The smallest absolute Gasteiger partial charge is 0.251 e. The van der Waals surface area contributed by atoms with Crippen molar-refractivity contribution < 1.29 is 19.1 Å². The minimum absolute atomic E-state index is 0.0653. The fourth-order valence-electron chi connectivity index (χ4n) is 1.72. The van der Waals surface area contributed by atoms with Crippen molar-refractivity contribution in [3.8, 4) is 11.5 Å². The molecule has 2 amide bonds. The van der Waals surface area contributed by atoms with Gasteiger partial charge >= 0.3 is 0 Å². The molecule has 0 aliphatic rings.